The van der Waals surface area contributed by atoms with Crippen LogP contribution in [0.5, 0.6) is 11.5 Å². The van der Waals surface area contributed by atoms with Crippen LogP contribution in [0.4, 0.5) is 18.9 Å². The van der Waals surface area contributed by atoms with Crippen molar-refractivity contribution in [2.24, 2.45) is 0 Å². The number of ether oxygens (including phenoxy) is 2. The maximum Gasteiger partial charge on any atom is 0.429 e. The standard InChI is InChI=1S/C17H15F3N2O2/c1-23-14-8-6-13(7-9-14)22-16(11-21,17(18,19)20)12-4-3-5-15(10-12)24-2/h3-10,22H,1-2H3/t16-/m1/s1. The van der Waals surface area contributed by atoms with E-state index < -0.39 is 11.7 Å². The molecule has 0 unspecified atom stereocenters. The maximum atomic E-state index is 13.8. The summed E-state index contributed by atoms with van der Waals surface area (Å²) in [5.74, 6) is 0.726. The van der Waals surface area contributed by atoms with Crippen LogP contribution in [-0.2, 0) is 5.54 Å². The number of nitriles is 1. The third-order valence-corrected chi connectivity index (χ3v) is 3.52. The first-order valence-electron chi connectivity index (χ1n) is 6.91. The van der Waals surface area contributed by atoms with E-state index in [1.165, 1.54) is 68.8 Å². The average molecular weight is 336 g/mol. The maximum absolute atomic E-state index is 13.8. The Morgan fingerprint density at radius 1 is 0.958 bits per heavy atom. The molecule has 0 fully saturated rings. The zero-order valence-corrected chi connectivity index (χ0v) is 13.0. The molecule has 0 aliphatic carbocycles. The van der Waals surface area contributed by atoms with E-state index in [2.05, 4.69) is 5.32 Å². The summed E-state index contributed by atoms with van der Waals surface area (Å²) in [5, 5.41) is 11.7. The van der Waals surface area contributed by atoms with Crippen LogP contribution in [-0.4, -0.2) is 20.4 Å². The van der Waals surface area contributed by atoms with Crippen molar-refractivity contribution in [3.63, 3.8) is 0 Å². The summed E-state index contributed by atoms with van der Waals surface area (Å²) < 4.78 is 51.3. The van der Waals surface area contributed by atoms with Gasteiger partial charge in [0.05, 0.1) is 14.2 Å². The fourth-order valence-corrected chi connectivity index (χ4v) is 2.21. The lowest BCUT2D eigenvalue weighted by molar-refractivity contribution is -0.165. The highest BCUT2D eigenvalue weighted by atomic mass is 19.4. The van der Waals surface area contributed by atoms with Crippen molar-refractivity contribution in [2.45, 2.75) is 11.7 Å². The summed E-state index contributed by atoms with van der Waals surface area (Å²) in [7, 11) is 2.80. The zero-order chi connectivity index (χ0) is 17.8. The Morgan fingerprint density at radius 2 is 1.58 bits per heavy atom. The fourth-order valence-electron chi connectivity index (χ4n) is 2.21. The first-order chi connectivity index (χ1) is 11.4. The Hall–Kier alpha value is -2.88. The minimum atomic E-state index is -4.85. The highest BCUT2D eigenvalue weighted by molar-refractivity contribution is 5.54. The molecule has 2 aromatic rings. The molecule has 4 nitrogen and oxygen atoms in total. The van der Waals surface area contributed by atoms with Crippen LogP contribution >= 0.6 is 0 Å². The molecule has 0 saturated heterocycles. The van der Waals surface area contributed by atoms with Crippen molar-refractivity contribution >= 4 is 5.69 Å². The second-order valence-corrected chi connectivity index (χ2v) is 4.95. The number of hydrogen-bond donors (Lipinski definition) is 1. The topological polar surface area (TPSA) is 54.3 Å². The lowest BCUT2D eigenvalue weighted by Gasteiger charge is -2.31. The van der Waals surface area contributed by atoms with Gasteiger partial charge in [0.25, 0.3) is 0 Å². The van der Waals surface area contributed by atoms with Gasteiger partial charge in [0.1, 0.15) is 17.6 Å². The number of benzene rings is 2. The number of nitrogens with zero attached hydrogens (tertiary/aromatic N) is 1. The van der Waals surface area contributed by atoms with Crippen molar-refractivity contribution in [3.05, 3.63) is 54.1 Å². The van der Waals surface area contributed by atoms with E-state index in [0.717, 1.165) is 0 Å². The number of halogens is 3. The molecule has 0 radical (unpaired) electrons. The first-order valence-corrected chi connectivity index (χ1v) is 6.91. The largest absolute Gasteiger partial charge is 0.497 e. The smallest absolute Gasteiger partial charge is 0.429 e. The molecule has 7 heteroatoms. The van der Waals surface area contributed by atoms with Crippen LogP contribution in [0.2, 0.25) is 0 Å². The second-order valence-electron chi connectivity index (χ2n) is 4.95. The quantitative estimate of drug-likeness (QED) is 0.893. The molecule has 0 spiro atoms. The summed E-state index contributed by atoms with van der Waals surface area (Å²) in [6, 6.07) is 12.6. The number of rotatable bonds is 5. The van der Waals surface area contributed by atoms with Crippen molar-refractivity contribution in [2.75, 3.05) is 19.5 Å². The monoisotopic (exact) mass is 336 g/mol. The van der Waals surface area contributed by atoms with Crippen LogP contribution in [0.3, 0.4) is 0 Å². The lowest BCUT2D eigenvalue weighted by atomic mass is 9.90. The predicted octanol–water partition coefficient (Wildman–Crippen LogP) is 4.10. The van der Waals surface area contributed by atoms with Crippen LogP contribution < -0.4 is 14.8 Å². The van der Waals surface area contributed by atoms with Gasteiger partial charge in [0, 0.05) is 11.3 Å². The predicted molar refractivity (Wildman–Crippen MR) is 83.0 cm³/mol. The molecule has 0 bridgehead atoms. The van der Waals surface area contributed by atoms with Crippen molar-refractivity contribution in [1.29, 1.82) is 5.26 Å². The molecular formula is C17H15F3N2O2. The minimum Gasteiger partial charge on any atom is -0.497 e. The first kappa shape index (κ1) is 17.5. The molecule has 0 aliphatic rings. The van der Waals surface area contributed by atoms with Gasteiger partial charge in [-0.2, -0.15) is 18.4 Å². The van der Waals surface area contributed by atoms with Crippen LogP contribution in [0.15, 0.2) is 48.5 Å². The van der Waals surface area contributed by atoms with Crippen molar-refractivity contribution in [3.8, 4) is 17.6 Å². The number of methoxy groups -OCH3 is 2. The Balaban J connectivity index is 2.52. The molecule has 2 rings (SSSR count). The number of hydrogen-bond acceptors (Lipinski definition) is 4. The minimum absolute atomic E-state index is 0.137. The van der Waals surface area contributed by atoms with Crippen LogP contribution in [0.1, 0.15) is 5.56 Å². The van der Waals surface area contributed by atoms with Gasteiger partial charge in [-0.15, -0.1) is 0 Å². The van der Waals surface area contributed by atoms with Gasteiger partial charge in [-0.1, -0.05) is 12.1 Å². The molecule has 0 aromatic heterocycles. The number of anilines is 1. The van der Waals surface area contributed by atoms with Gasteiger partial charge in [-0.05, 0) is 36.4 Å². The third-order valence-electron chi connectivity index (χ3n) is 3.52. The zero-order valence-electron chi connectivity index (χ0n) is 13.0. The summed E-state index contributed by atoms with van der Waals surface area (Å²) in [5.41, 5.74) is -3.03. The van der Waals surface area contributed by atoms with E-state index in [9.17, 15) is 18.4 Å². The normalized spacial score (nSPS) is 13.5. The average Bonchev–Trinajstić information content (AvgIpc) is 2.59. The number of nitrogens with one attached hydrogen (secondary N) is 1. The van der Waals surface area contributed by atoms with E-state index >= 15 is 0 Å². The van der Waals surface area contributed by atoms with E-state index in [1.54, 1.807) is 0 Å². The van der Waals surface area contributed by atoms with Crippen LogP contribution in [0.25, 0.3) is 0 Å². The molecule has 0 amide bonds. The molecule has 126 valence electrons. The van der Waals surface area contributed by atoms with Crippen molar-refractivity contribution < 1.29 is 22.6 Å². The van der Waals surface area contributed by atoms with E-state index in [1.807, 2.05) is 0 Å². The van der Waals surface area contributed by atoms with Gasteiger partial charge in [-0.3, -0.25) is 0 Å². The van der Waals surface area contributed by atoms with E-state index in [-0.39, 0.29) is 17.0 Å². The van der Waals surface area contributed by atoms with Gasteiger partial charge >= 0.3 is 6.18 Å². The molecule has 1 atom stereocenters. The molecule has 0 saturated carbocycles. The van der Waals surface area contributed by atoms with Gasteiger partial charge in [-0.25, -0.2) is 0 Å². The second kappa shape index (κ2) is 6.71. The fraction of sp³-hybridized carbons (Fsp3) is 0.235. The summed E-state index contributed by atoms with van der Waals surface area (Å²) in [4.78, 5) is 0. The Kier molecular flexibility index (Phi) is 4.88. The molecule has 24 heavy (non-hydrogen) atoms. The summed E-state index contributed by atoms with van der Waals surface area (Å²) in [6.07, 6.45) is -4.85. The Morgan fingerprint density at radius 3 is 2.08 bits per heavy atom. The molecular weight excluding hydrogens is 321 g/mol. The number of alkyl halides is 3. The van der Waals surface area contributed by atoms with Gasteiger partial charge in [0.2, 0.25) is 5.54 Å². The summed E-state index contributed by atoms with van der Waals surface area (Å²) >= 11 is 0. The SMILES string of the molecule is COc1ccc(N[C@](C#N)(c2cccc(OC)c2)C(F)(F)F)cc1. The highest BCUT2D eigenvalue weighted by Crippen LogP contribution is 2.42. The highest BCUT2D eigenvalue weighted by Gasteiger charge is 2.57. The molecule has 0 heterocycles. The lowest BCUT2D eigenvalue weighted by Crippen LogP contribution is -2.47. The van der Waals surface area contributed by atoms with Gasteiger partial charge in [0.15, 0.2) is 0 Å². The Bertz CT molecular complexity index is 739. The van der Waals surface area contributed by atoms with E-state index in [0.29, 0.717) is 5.75 Å². The Labute approximate surface area is 137 Å². The van der Waals surface area contributed by atoms with Gasteiger partial charge < -0.3 is 14.8 Å². The van der Waals surface area contributed by atoms with Crippen molar-refractivity contribution in [1.82, 2.24) is 0 Å². The van der Waals surface area contributed by atoms with E-state index in [4.69, 9.17) is 9.47 Å². The molecule has 2 aromatic carbocycles. The third kappa shape index (κ3) is 3.23. The van der Waals surface area contributed by atoms with Crippen LogP contribution in [0, 0.1) is 11.3 Å². The molecule has 0 aliphatic heterocycles. The summed E-state index contributed by atoms with van der Waals surface area (Å²) in [6.45, 7) is 0. The molecule has 1 N–H and O–H groups in total.